The fourth-order valence-corrected chi connectivity index (χ4v) is 3.47. The predicted molar refractivity (Wildman–Crippen MR) is 95.3 cm³/mol. The van der Waals surface area contributed by atoms with Gasteiger partial charge in [0.2, 0.25) is 0 Å². The number of hydrogen-bond donors (Lipinski definition) is 2. The molecule has 4 nitrogen and oxygen atoms in total. The number of hydrogen-bond acceptors (Lipinski definition) is 4. The van der Waals surface area contributed by atoms with E-state index in [1.54, 1.807) is 0 Å². The van der Waals surface area contributed by atoms with Gasteiger partial charge in [-0.25, -0.2) is 13.8 Å². The number of nitrogens with zero attached hydrogens (tertiary/aromatic N) is 1. The monoisotopic (exact) mass is 362 g/mol. The van der Waals surface area contributed by atoms with Gasteiger partial charge in [0.05, 0.1) is 11.3 Å². The van der Waals surface area contributed by atoms with Crippen LogP contribution in [0.1, 0.15) is 38.4 Å². The van der Waals surface area contributed by atoms with Crippen molar-refractivity contribution >= 4 is 0 Å². The molecule has 2 unspecified atom stereocenters. The molecule has 0 aliphatic carbocycles. The zero-order valence-corrected chi connectivity index (χ0v) is 15.2. The molecule has 3 rings (SSSR count). The third-order valence-corrected chi connectivity index (χ3v) is 5.18. The summed E-state index contributed by atoms with van der Waals surface area (Å²) in [6.45, 7) is 5.78. The second kappa shape index (κ2) is 6.68. The normalized spacial score (nSPS) is 23.4. The van der Waals surface area contributed by atoms with Crippen molar-refractivity contribution < 1.29 is 18.6 Å². The molecule has 2 atom stereocenters. The lowest BCUT2D eigenvalue weighted by atomic mass is 9.83. The van der Waals surface area contributed by atoms with Gasteiger partial charge in [-0.2, -0.15) is 0 Å². The van der Waals surface area contributed by atoms with Gasteiger partial charge in [-0.15, -0.1) is 0 Å². The number of aromatic nitrogens is 1. The smallest absolute Gasteiger partial charge is 0.155 e. The fraction of sp³-hybridized carbons (Fsp3) is 0.450. The zero-order valence-electron chi connectivity index (χ0n) is 15.2. The van der Waals surface area contributed by atoms with Crippen LogP contribution in [0.25, 0.3) is 11.3 Å². The number of benzene rings is 1. The van der Waals surface area contributed by atoms with E-state index in [1.807, 2.05) is 6.92 Å². The lowest BCUT2D eigenvalue weighted by molar-refractivity contribution is -0.0187. The van der Waals surface area contributed by atoms with E-state index in [0.717, 1.165) is 6.42 Å². The van der Waals surface area contributed by atoms with Crippen molar-refractivity contribution in [3.05, 3.63) is 53.2 Å². The molecule has 1 aromatic heterocycles. The second-order valence-electron chi connectivity index (χ2n) is 7.42. The first-order chi connectivity index (χ1) is 12.2. The van der Waals surface area contributed by atoms with Crippen LogP contribution in [-0.2, 0) is 15.9 Å². The van der Waals surface area contributed by atoms with E-state index in [4.69, 9.17) is 10.5 Å². The first-order valence-corrected chi connectivity index (χ1v) is 8.73. The topological polar surface area (TPSA) is 68.4 Å². The molecule has 26 heavy (non-hydrogen) atoms. The molecule has 0 bridgehead atoms. The summed E-state index contributed by atoms with van der Waals surface area (Å²) in [5.74, 6) is -0.953. The van der Waals surface area contributed by atoms with Crippen LogP contribution in [0.5, 0.6) is 0 Å². The van der Waals surface area contributed by atoms with Crippen LogP contribution in [-0.4, -0.2) is 23.2 Å². The summed E-state index contributed by atoms with van der Waals surface area (Å²) in [6, 6.07) is 6.97. The van der Waals surface area contributed by atoms with E-state index >= 15 is 4.39 Å². The Morgan fingerprint density at radius 2 is 1.96 bits per heavy atom. The van der Waals surface area contributed by atoms with Crippen LogP contribution < -0.4 is 5.73 Å². The minimum absolute atomic E-state index is 0.0511. The first kappa shape index (κ1) is 18.9. The second-order valence-corrected chi connectivity index (χ2v) is 7.42. The Morgan fingerprint density at radius 3 is 2.46 bits per heavy atom. The highest BCUT2D eigenvalue weighted by Gasteiger charge is 2.44. The molecule has 0 saturated carbocycles. The van der Waals surface area contributed by atoms with E-state index in [2.05, 4.69) is 4.98 Å². The van der Waals surface area contributed by atoms with Crippen LogP contribution >= 0.6 is 0 Å². The molecule has 2 aromatic rings. The van der Waals surface area contributed by atoms with Crippen molar-refractivity contribution in [3.8, 4) is 11.3 Å². The molecule has 6 heteroatoms. The summed E-state index contributed by atoms with van der Waals surface area (Å²) in [6.07, 6.45) is 0.819. The van der Waals surface area contributed by atoms with Gasteiger partial charge in [0.25, 0.3) is 0 Å². The summed E-state index contributed by atoms with van der Waals surface area (Å²) in [7, 11) is 0. The SMILES string of the molecule is CC1CCOC1(CN)c1cc(C(C)(C)O)c(F)c(-c2ccc(F)cc2)n1. The summed E-state index contributed by atoms with van der Waals surface area (Å²) in [5, 5.41) is 10.5. The standard InChI is InChI=1S/C20H24F2N2O2/c1-12-8-9-26-20(12,11-23)16-10-15(19(2,3)25)17(22)18(24-16)13-4-6-14(21)7-5-13/h4-7,10,12,25H,8-9,11,23H2,1-3H3. The molecule has 1 aromatic carbocycles. The number of halogens is 2. The van der Waals surface area contributed by atoms with Gasteiger partial charge in [-0.05, 0) is 56.5 Å². The maximum absolute atomic E-state index is 15.2. The van der Waals surface area contributed by atoms with Crippen LogP contribution in [0, 0.1) is 17.6 Å². The highest BCUT2D eigenvalue weighted by molar-refractivity contribution is 5.62. The molecule has 0 spiro atoms. The van der Waals surface area contributed by atoms with E-state index in [-0.39, 0.29) is 23.7 Å². The van der Waals surface area contributed by atoms with Gasteiger partial charge in [0.15, 0.2) is 5.82 Å². The quantitative estimate of drug-likeness (QED) is 0.874. The van der Waals surface area contributed by atoms with E-state index < -0.39 is 22.8 Å². The molecular weight excluding hydrogens is 338 g/mol. The molecule has 1 aliphatic rings. The Morgan fingerprint density at radius 1 is 1.31 bits per heavy atom. The molecule has 140 valence electrons. The Labute approximate surface area is 152 Å². The number of aliphatic hydroxyl groups is 1. The van der Waals surface area contributed by atoms with Crippen LogP contribution in [0.4, 0.5) is 8.78 Å². The maximum atomic E-state index is 15.2. The summed E-state index contributed by atoms with van der Waals surface area (Å²) in [5.41, 5.74) is 4.85. The van der Waals surface area contributed by atoms with Gasteiger partial charge >= 0.3 is 0 Å². The number of nitrogens with two attached hydrogens (primary N) is 1. The maximum Gasteiger partial charge on any atom is 0.155 e. The summed E-state index contributed by atoms with van der Waals surface area (Å²) < 4.78 is 34.4. The van der Waals surface area contributed by atoms with Crippen molar-refractivity contribution in [3.63, 3.8) is 0 Å². The molecule has 1 aliphatic heterocycles. The lowest BCUT2D eigenvalue weighted by Gasteiger charge is -2.32. The molecule has 1 saturated heterocycles. The largest absolute Gasteiger partial charge is 0.386 e. The van der Waals surface area contributed by atoms with Gasteiger partial charge < -0.3 is 15.6 Å². The molecule has 2 heterocycles. The van der Waals surface area contributed by atoms with Gasteiger partial charge in [-0.1, -0.05) is 6.92 Å². The summed E-state index contributed by atoms with van der Waals surface area (Å²) in [4.78, 5) is 4.51. The number of ether oxygens (including phenoxy) is 1. The molecule has 3 N–H and O–H groups in total. The van der Waals surface area contributed by atoms with Crippen LogP contribution in [0.3, 0.4) is 0 Å². The van der Waals surface area contributed by atoms with Gasteiger partial charge in [-0.3, -0.25) is 0 Å². The lowest BCUT2D eigenvalue weighted by Crippen LogP contribution is -2.40. The third kappa shape index (κ3) is 3.13. The Bertz CT molecular complexity index is 803. The van der Waals surface area contributed by atoms with Crippen molar-refractivity contribution in [2.75, 3.05) is 13.2 Å². The Balaban J connectivity index is 2.26. The molecule has 0 radical (unpaired) electrons. The van der Waals surface area contributed by atoms with E-state index in [0.29, 0.717) is 17.9 Å². The van der Waals surface area contributed by atoms with E-state index in [9.17, 15) is 9.50 Å². The Hall–Kier alpha value is -1.89. The van der Waals surface area contributed by atoms with Gasteiger partial charge in [0.1, 0.15) is 17.1 Å². The highest BCUT2D eigenvalue weighted by Crippen LogP contribution is 2.42. The number of rotatable bonds is 4. The zero-order chi connectivity index (χ0) is 19.1. The average molecular weight is 362 g/mol. The minimum Gasteiger partial charge on any atom is -0.386 e. The van der Waals surface area contributed by atoms with Crippen molar-refractivity contribution in [2.45, 2.75) is 38.4 Å². The van der Waals surface area contributed by atoms with Crippen molar-refractivity contribution in [1.29, 1.82) is 0 Å². The highest BCUT2D eigenvalue weighted by atomic mass is 19.1. The first-order valence-electron chi connectivity index (χ1n) is 8.73. The van der Waals surface area contributed by atoms with Crippen LogP contribution in [0.15, 0.2) is 30.3 Å². The molecular formula is C20H24F2N2O2. The molecule has 0 amide bonds. The predicted octanol–water partition coefficient (Wildman–Crippen LogP) is 3.46. The minimum atomic E-state index is -1.42. The van der Waals surface area contributed by atoms with Crippen LogP contribution in [0.2, 0.25) is 0 Å². The van der Waals surface area contributed by atoms with Crippen molar-refractivity contribution in [1.82, 2.24) is 4.98 Å². The van der Waals surface area contributed by atoms with E-state index in [1.165, 1.54) is 44.2 Å². The fourth-order valence-electron chi connectivity index (χ4n) is 3.47. The Kier molecular flexibility index (Phi) is 4.86. The number of pyridine rings is 1. The average Bonchev–Trinajstić information content (AvgIpc) is 2.96. The molecule has 1 fully saturated rings. The summed E-state index contributed by atoms with van der Waals surface area (Å²) >= 11 is 0. The van der Waals surface area contributed by atoms with Gasteiger partial charge in [0, 0.05) is 24.3 Å². The van der Waals surface area contributed by atoms with Crippen molar-refractivity contribution in [2.24, 2.45) is 11.7 Å². The third-order valence-electron chi connectivity index (χ3n) is 5.18.